The Bertz CT molecular complexity index is 514. The lowest BCUT2D eigenvalue weighted by atomic mass is 10.1. The summed E-state index contributed by atoms with van der Waals surface area (Å²) >= 11 is 1.18. The highest BCUT2D eigenvalue weighted by atomic mass is 32.1. The van der Waals surface area contributed by atoms with Crippen molar-refractivity contribution in [1.82, 2.24) is 20.0 Å². The van der Waals surface area contributed by atoms with Gasteiger partial charge < -0.3 is 10.6 Å². The first-order chi connectivity index (χ1) is 9.72. The van der Waals surface area contributed by atoms with Crippen LogP contribution < -0.4 is 16.0 Å². The zero-order chi connectivity index (χ0) is 13.9. The van der Waals surface area contributed by atoms with E-state index in [9.17, 15) is 9.59 Å². The molecule has 20 heavy (non-hydrogen) atoms. The van der Waals surface area contributed by atoms with Gasteiger partial charge in [-0.05, 0) is 32.1 Å². The molecule has 1 saturated carbocycles. The molecular weight excluding hydrogens is 278 g/mol. The van der Waals surface area contributed by atoms with Gasteiger partial charge in [-0.3, -0.25) is 10.1 Å². The molecular formula is C12H17N5O2S. The number of aromatic nitrogens is 2. The van der Waals surface area contributed by atoms with Gasteiger partial charge in [-0.15, -0.1) is 0 Å². The molecule has 2 aliphatic rings. The van der Waals surface area contributed by atoms with Crippen molar-refractivity contribution in [3.05, 3.63) is 5.82 Å². The van der Waals surface area contributed by atoms with Crippen LogP contribution in [0.3, 0.4) is 0 Å². The van der Waals surface area contributed by atoms with Crippen LogP contribution in [0, 0.1) is 0 Å². The third-order valence-electron chi connectivity index (χ3n) is 3.45. The number of carbonyl (C=O) groups excluding carboxylic acids is 2. The zero-order valence-corrected chi connectivity index (χ0v) is 11.8. The SMILES string of the molecule is O=C(Nc1nc(C2CC2)ns1)N[C@H]1CCCCNC1=O. The lowest BCUT2D eigenvalue weighted by Gasteiger charge is -2.14. The van der Waals surface area contributed by atoms with Gasteiger partial charge in [-0.25, -0.2) is 9.78 Å². The summed E-state index contributed by atoms with van der Waals surface area (Å²) in [7, 11) is 0. The molecule has 0 bridgehead atoms. The molecule has 1 aliphatic carbocycles. The lowest BCUT2D eigenvalue weighted by molar-refractivity contribution is -0.122. The number of hydrogen-bond donors (Lipinski definition) is 3. The Morgan fingerprint density at radius 3 is 2.95 bits per heavy atom. The quantitative estimate of drug-likeness (QED) is 0.781. The highest BCUT2D eigenvalue weighted by Crippen LogP contribution is 2.39. The molecule has 108 valence electrons. The van der Waals surface area contributed by atoms with E-state index in [1.807, 2.05) is 0 Å². The first-order valence-electron chi connectivity index (χ1n) is 6.91. The van der Waals surface area contributed by atoms with Crippen LogP contribution in [0.4, 0.5) is 9.93 Å². The molecule has 7 nitrogen and oxygen atoms in total. The molecule has 3 rings (SSSR count). The van der Waals surface area contributed by atoms with Crippen LogP contribution in [0.25, 0.3) is 0 Å². The van der Waals surface area contributed by atoms with Gasteiger partial charge in [-0.2, -0.15) is 4.37 Å². The van der Waals surface area contributed by atoms with Crippen LogP contribution >= 0.6 is 11.5 Å². The Morgan fingerprint density at radius 1 is 1.30 bits per heavy atom. The highest BCUT2D eigenvalue weighted by molar-refractivity contribution is 7.09. The molecule has 0 spiro atoms. The topological polar surface area (TPSA) is 96.0 Å². The predicted octanol–water partition coefficient (Wildman–Crippen LogP) is 1.21. The number of carbonyl (C=O) groups is 2. The van der Waals surface area contributed by atoms with Crippen LogP contribution in [-0.4, -0.2) is 33.9 Å². The van der Waals surface area contributed by atoms with Crippen molar-refractivity contribution >= 4 is 28.6 Å². The molecule has 3 amide bonds. The van der Waals surface area contributed by atoms with E-state index in [1.165, 1.54) is 11.5 Å². The maximum absolute atomic E-state index is 11.9. The minimum atomic E-state index is -0.465. The Hall–Kier alpha value is -1.70. The van der Waals surface area contributed by atoms with Crippen molar-refractivity contribution in [1.29, 1.82) is 0 Å². The number of nitrogens with zero attached hydrogens (tertiary/aromatic N) is 2. The fraction of sp³-hybridized carbons (Fsp3) is 0.667. The zero-order valence-electron chi connectivity index (χ0n) is 11.0. The molecule has 2 heterocycles. The minimum Gasteiger partial charge on any atom is -0.354 e. The van der Waals surface area contributed by atoms with E-state index in [1.54, 1.807) is 0 Å². The molecule has 1 aliphatic heterocycles. The van der Waals surface area contributed by atoms with Gasteiger partial charge in [0.25, 0.3) is 0 Å². The van der Waals surface area contributed by atoms with Crippen LogP contribution in [0.5, 0.6) is 0 Å². The molecule has 1 aromatic heterocycles. The number of anilines is 1. The maximum Gasteiger partial charge on any atom is 0.321 e. The molecule has 8 heteroatoms. The second-order valence-corrected chi connectivity index (χ2v) is 5.92. The molecule has 1 atom stereocenters. The van der Waals surface area contributed by atoms with Gasteiger partial charge in [0.1, 0.15) is 11.9 Å². The number of nitrogens with one attached hydrogen (secondary N) is 3. The minimum absolute atomic E-state index is 0.117. The van der Waals surface area contributed by atoms with Gasteiger partial charge in [-0.1, -0.05) is 0 Å². The second kappa shape index (κ2) is 5.74. The largest absolute Gasteiger partial charge is 0.354 e. The first kappa shape index (κ1) is 13.3. The Kier molecular flexibility index (Phi) is 3.81. The van der Waals surface area contributed by atoms with E-state index in [0.29, 0.717) is 24.0 Å². The second-order valence-electron chi connectivity index (χ2n) is 5.17. The van der Waals surface area contributed by atoms with Crippen molar-refractivity contribution in [3.63, 3.8) is 0 Å². The highest BCUT2D eigenvalue weighted by Gasteiger charge is 2.28. The number of rotatable bonds is 3. The van der Waals surface area contributed by atoms with Crippen molar-refractivity contribution in [2.75, 3.05) is 11.9 Å². The number of urea groups is 1. The van der Waals surface area contributed by atoms with Crippen molar-refractivity contribution < 1.29 is 9.59 Å². The van der Waals surface area contributed by atoms with E-state index in [2.05, 4.69) is 25.3 Å². The number of amides is 3. The van der Waals surface area contributed by atoms with E-state index in [0.717, 1.165) is 31.5 Å². The normalized spacial score (nSPS) is 22.8. The van der Waals surface area contributed by atoms with Crippen LogP contribution in [-0.2, 0) is 4.79 Å². The van der Waals surface area contributed by atoms with E-state index in [4.69, 9.17) is 0 Å². The molecule has 3 N–H and O–H groups in total. The van der Waals surface area contributed by atoms with Gasteiger partial charge in [0.2, 0.25) is 11.0 Å². The summed E-state index contributed by atoms with van der Waals surface area (Å²) in [4.78, 5) is 27.9. The van der Waals surface area contributed by atoms with E-state index < -0.39 is 12.1 Å². The summed E-state index contributed by atoms with van der Waals surface area (Å²) in [6.45, 7) is 0.680. The summed E-state index contributed by atoms with van der Waals surface area (Å²) in [5.74, 6) is 1.17. The lowest BCUT2D eigenvalue weighted by Crippen LogP contribution is -2.47. The van der Waals surface area contributed by atoms with Crippen molar-refractivity contribution in [2.45, 2.75) is 44.1 Å². The Balaban J connectivity index is 1.53. The van der Waals surface area contributed by atoms with Gasteiger partial charge >= 0.3 is 6.03 Å². The van der Waals surface area contributed by atoms with E-state index >= 15 is 0 Å². The van der Waals surface area contributed by atoms with Crippen LogP contribution in [0.1, 0.15) is 43.8 Å². The molecule has 0 unspecified atom stereocenters. The fourth-order valence-corrected chi connectivity index (χ4v) is 2.80. The monoisotopic (exact) mass is 295 g/mol. The maximum atomic E-state index is 11.9. The molecule has 1 saturated heterocycles. The Labute approximate surface area is 120 Å². The summed E-state index contributed by atoms with van der Waals surface area (Å²) in [6, 6.07) is -0.862. The summed E-state index contributed by atoms with van der Waals surface area (Å²) in [5.41, 5.74) is 0. The summed E-state index contributed by atoms with van der Waals surface area (Å²) in [6.07, 6.45) is 4.80. The van der Waals surface area contributed by atoms with Crippen molar-refractivity contribution in [2.24, 2.45) is 0 Å². The average Bonchev–Trinajstić information content (AvgIpc) is 3.20. The third kappa shape index (κ3) is 3.24. The predicted molar refractivity (Wildman–Crippen MR) is 74.7 cm³/mol. The van der Waals surface area contributed by atoms with E-state index in [-0.39, 0.29) is 5.91 Å². The van der Waals surface area contributed by atoms with Gasteiger partial charge in [0, 0.05) is 24.0 Å². The smallest absolute Gasteiger partial charge is 0.321 e. The Morgan fingerprint density at radius 2 is 2.15 bits per heavy atom. The van der Waals surface area contributed by atoms with Crippen LogP contribution in [0.2, 0.25) is 0 Å². The van der Waals surface area contributed by atoms with Gasteiger partial charge in [0.05, 0.1) is 0 Å². The molecule has 1 aromatic rings. The fourth-order valence-electron chi connectivity index (χ4n) is 2.16. The molecule has 0 aromatic carbocycles. The first-order valence-corrected chi connectivity index (χ1v) is 7.68. The van der Waals surface area contributed by atoms with Crippen molar-refractivity contribution in [3.8, 4) is 0 Å². The number of hydrogen-bond acceptors (Lipinski definition) is 5. The molecule has 0 radical (unpaired) electrons. The molecule has 2 fully saturated rings. The summed E-state index contributed by atoms with van der Waals surface area (Å²) < 4.78 is 4.22. The third-order valence-corrected chi connectivity index (χ3v) is 4.09. The summed E-state index contributed by atoms with van der Waals surface area (Å²) in [5, 5.41) is 8.61. The average molecular weight is 295 g/mol. The van der Waals surface area contributed by atoms with Gasteiger partial charge in [0.15, 0.2) is 0 Å². The van der Waals surface area contributed by atoms with Crippen LogP contribution in [0.15, 0.2) is 0 Å². The standard InChI is InChI=1S/C12H17N5O2S/c18-10-8(3-1-2-6-13-10)14-11(19)16-12-15-9(17-20-12)7-4-5-7/h7-8H,1-6H2,(H,13,18)(H2,14,15,16,17,19)/t8-/m0/s1.